The third-order valence-corrected chi connectivity index (χ3v) is 3.89. The summed E-state index contributed by atoms with van der Waals surface area (Å²) in [6, 6.07) is 10.5. The lowest BCUT2D eigenvalue weighted by Crippen LogP contribution is -2.47. The number of halogens is 1. The fourth-order valence-electron chi connectivity index (χ4n) is 2.91. The van der Waals surface area contributed by atoms with Gasteiger partial charge in [0.15, 0.2) is 5.96 Å². The Morgan fingerprint density at radius 3 is 2.58 bits per heavy atom. The standard InChI is InChI=1S/C19H31N3O.HI/c1-5-20-18(22-19(2,3)4)21-14-16-12-9-13-23-17(16)15-10-7-6-8-11-15;/h6-8,10-11,16-17H,5,9,12-14H2,1-4H3,(H2,20,21,22);1H. The Morgan fingerprint density at radius 2 is 1.96 bits per heavy atom. The van der Waals surface area contributed by atoms with Crippen LogP contribution in [-0.2, 0) is 4.74 Å². The molecule has 0 saturated carbocycles. The van der Waals surface area contributed by atoms with Crippen LogP contribution < -0.4 is 10.6 Å². The molecule has 2 N–H and O–H groups in total. The second kappa shape index (κ2) is 10.2. The topological polar surface area (TPSA) is 45.7 Å². The van der Waals surface area contributed by atoms with E-state index in [9.17, 15) is 0 Å². The lowest BCUT2D eigenvalue weighted by atomic mass is 9.89. The van der Waals surface area contributed by atoms with Gasteiger partial charge in [-0.15, -0.1) is 24.0 Å². The van der Waals surface area contributed by atoms with E-state index in [1.165, 1.54) is 5.56 Å². The molecule has 1 aromatic carbocycles. The molecule has 0 radical (unpaired) electrons. The van der Waals surface area contributed by atoms with E-state index >= 15 is 0 Å². The van der Waals surface area contributed by atoms with Gasteiger partial charge in [-0.05, 0) is 46.1 Å². The quantitative estimate of drug-likeness (QED) is 0.416. The van der Waals surface area contributed by atoms with Crippen LogP contribution in [0.15, 0.2) is 35.3 Å². The highest BCUT2D eigenvalue weighted by Crippen LogP contribution is 2.33. The molecule has 1 aliphatic rings. The van der Waals surface area contributed by atoms with E-state index in [1.807, 2.05) is 0 Å². The molecule has 0 amide bonds. The summed E-state index contributed by atoms with van der Waals surface area (Å²) in [5.74, 6) is 1.32. The van der Waals surface area contributed by atoms with Crippen LogP contribution in [0.3, 0.4) is 0 Å². The maximum Gasteiger partial charge on any atom is 0.191 e. The lowest BCUT2D eigenvalue weighted by molar-refractivity contribution is -0.0250. The predicted molar refractivity (Wildman–Crippen MR) is 112 cm³/mol. The maximum absolute atomic E-state index is 6.06. The monoisotopic (exact) mass is 445 g/mol. The number of benzene rings is 1. The largest absolute Gasteiger partial charge is 0.373 e. The van der Waals surface area contributed by atoms with E-state index in [4.69, 9.17) is 9.73 Å². The Kier molecular flexibility index (Phi) is 9.05. The van der Waals surface area contributed by atoms with E-state index in [-0.39, 0.29) is 35.6 Å². The first-order valence-electron chi connectivity index (χ1n) is 8.72. The highest BCUT2D eigenvalue weighted by atomic mass is 127. The molecule has 1 aromatic rings. The Labute approximate surface area is 163 Å². The molecule has 5 heteroatoms. The fourth-order valence-corrected chi connectivity index (χ4v) is 2.91. The molecule has 0 bridgehead atoms. The second-order valence-electron chi connectivity index (χ2n) is 7.20. The van der Waals surface area contributed by atoms with Gasteiger partial charge in [-0.25, -0.2) is 0 Å². The molecule has 2 atom stereocenters. The van der Waals surface area contributed by atoms with Gasteiger partial charge < -0.3 is 15.4 Å². The van der Waals surface area contributed by atoms with Crippen molar-refractivity contribution in [2.24, 2.45) is 10.9 Å². The van der Waals surface area contributed by atoms with E-state index < -0.39 is 0 Å². The van der Waals surface area contributed by atoms with Crippen molar-refractivity contribution in [2.45, 2.75) is 52.2 Å². The van der Waals surface area contributed by atoms with Crippen molar-refractivity contribution in [1.82, 2.24) is 10.6 Å². The van der Waals surface area contributed by atoms with Crippen molar-refractivity contribution >= 4 is 29.9 Å². The molecule has 1 fully saturated rings. The molecule has 24 heavy (non-hydrogen) atoms. The zero-order chi connectivity index (χ0) is 16.7. The van der Waals surface area contributed by atoms with Crippen molar-refractivity contribution < 1.29 is 4.74 Å². The molecule has 1 aliphatic heterocycles. The summed E-state index contributed by atoms with van der Waals surface area (Å²) in [5, 5.41) is 6.78. The minimum absolute atomic E-state index is 0. The molecule has 0 spiro atoms. The first-order chi connectivity index (χ1) is 11.0. The van der Waals surface area contributed by atoms with Gasteiger partial charge in [0.05, 0.1) is 6.10 Å². The van der Waals surface area contributed by atoms with Crippen LogP contribution in [0, 0.1) is 5.92 Å². The first-order valence-corrected chi connectivity index (χ1v) is 8.72. The van der Waals surface area contributed by atoms with Crippen LogP contribution >= 0.6 is 24.0 Å². The minimum atomic E-state index is 0. The summed E-state index contributed by atoms with van der Waals surface area (Å²) in [5.41, 5.74) is 1.27. The number of rotatable bonds is 4. The fraction of sp³-hybridized carbons (Fsp3) is 0.632. The molecule has 0 aromatic heterocycles. The van der Waals surface area contributed by atoms with E-state index in [0.717, 1.165) is 38.5 Å². The summed E-state index contributed by atoms with van der Waals surface area (Å²) in [7, 11) is 0. The highest BCUT2D eigenvalue weighted by Gasteiger charge is 2.27. The van der Waals surface area contributed by atoms with Crippen molar-refractivity contribution in [3.8, 4) is 0 Å². The van der Waals surface area contributed by atoms with Crippen LogP contribution in [0.4, 0.5) is 0 Å². The van der Waals surface area contributed by atoms with E-state index in [2.05, 4.69) is 68.7 Å². The normalized spacial score (nSPS) is 21.8. The Morgan fingerprint density at radius 1 is 1.25 bits per heavy atom. The van der Waals surface area contributed by atoms with Crippen molar-refractivity contribution in [1.29, 1.82) is 0 Å². The first kappa shape index (κ1) is 21.2. The van der Waals surface area contributed by atoms with Gasteiger partial charge in [0.1, 0.15) is 0 Å². The van der Waals surface area contributed by atoms with Crippen LogP contribution in [-0.4, -0.2) is 31.2 Å². The lowest BCUT2D eigenvalue weighted by Gasteiger charge is -2.31. The molecule has 136 valence electrons. The van der Waals surface area contributed by atoms with Crippen LogP contribution in [0.5, 0.6) is 0 Å². The number of guanidine groups is 1. The second-order valence-corrected chi connectivity index (χ2v) is 7.20. The Bertz CT molecular complexity index is 499. The number of ether oxygens (including phenoxy) is 1. The van der Waals surface area contributed by atoms with Gasteiger partial charge in [-0.2, -0.15) is 0 Å². The predicted octanol–water partition coefficient (Wildman–Crippen LogP) is 4.13. The van der Waals surface area contributed by atoms with E-state index in [0.29, 0.717) is 5.92 Å². The summed E-state index contributed by atoms with van der Waals surface area (Å²) in [4.78, 5) is 4.81. The number of nitrogens with one attached hydrogen (secondary N) is 2. The summed E-state index contributed by atoms with van der Waals surface area (Å²) in [6.45, 7) is 11.0. The number of aliphatic imine (C=N–C) groups is 1. The number of nitrogens with zero attached hydrogens (tertiary/aromatic N) is 1. The third-order valence-electron chi connectivity index (χ3n) is 3.89. The molecule has 2 rings (SSSR count). The zero-order valence-electron chi connectivity index (χ0n) is 15.3. The smallest absolute Gasteiger partial charge is 0.191 e. The van der Waals surface area contributed by atoms with Gasteiger partial charge in [0.25, 0.3) is 0 Å². The average molecular weight is 445 g/mol. The molecule has 0 aliphatic carbocycles. The molecule has 1 saturated heterocycles. The van der Waals surface area contributed by atoms with Gasteiger partial charge >= 0.3 is 0 Å². The van der Waals surface area contributed by atoms with Gasteiger partial charge in [0.2, 0.25) is 0 Å². The van der Waals surface area contributed by atoms with Crippen molar-refractivity contribution in [3.63, 3.8) is 0 Å². The molecular formula is C19H32IN3O. The van der Waals surface area contributed by atoms with Crippen LogP contribution in [0.1, 0.15) is 52.2 Å². The van der Waals surface area contributed by atoms with Crippen LogP contribution in [0.2, 0.25) is 0 Å². The Balaban J connectivity index is 0.00000288. The molecule has 2 unspecified atom stereocenters. The molecule has 1 heterocycles. The maximum atomic E-state index is 6.06. The summed E-state index contributed by atoms with van der Waals surface area (Å²) >= 11 is 0. The Hall–Kier alpha value is -0.820. The summed E-state index contributed by atoms with van der Waals surface area (Å²) in [6.07, 6.45) is 2.44. The molecular weight excluding hydrogens is 413 g/mol. The average Bonchev–Trinajstić information content (AvgIpc) is 2.53. The molecule has 4 nitrogen and oxygen atoms in total. The van der Waals surface area contributed by atoms with E-state index in [1.54, 1.807) is 0 Å². The van der Waals surface area contributed by atoms with Gasteiger partial charge in [-0.3, -0.25) is 4.99 Å². The zero-order valence-corrected chi connectivity index (χ0v) is 17.7. The third kappa shape index (κ3) is 6.97. The van der Waals surface area contributed by atoms with Crippen molar-refractivity contribution in [2.75, 3.05) is 19.7 Å². The number of hydrogen-bond acceptors (Lipinski definition) is 2. The highest BCUT2D eigenvalue weighted by molar-refractivity contribution is 14.0. The van der Waals surface area contributed by atoms with Gasteiger partial charge in [0, 0.05) is 31.2 Å². The number of hydrogen-bond donors (Lipinski definition) is 2. The summed E-state index contributed by atoms with van der Waals surface area (Å²) < 4.78 is 6.06. The van der Waals surface area contributed by atoms with Gasteiger partial charge in [-0.1, -0.05) is 30.3 Å². The minimum Gasteiger partial charge on any atom is -0.373 e. The van der Waals surface area contributed by atoms with Crippen molar-refractivity contribution in [3.05, 3.63) is 35.9 Å². The SMILES string of the molecule is CCNC(=NCC1CCCOC1c1ccccc1)NC(C)(C)C.I. The van der Waals surface area contributed by atoms with Crippen LogP contribution in [0.25, 0.3) is 0 Å².